The molecule has 2 heterocycles. The van der Waals surface area contributed by atoms with Crippen LogP contribution in [0.4, 0.5) is 26.3 Å². The maximum atomic E-state index is 14.1. The predicted molar refractivity (Wildman–Crippen MR) is 244 cm³/mol. The zero-order chi connectivity index (χ0) is 44.2. The van der Waals surface area contributed by atoms with Gasteiger partial charge in [0.25, 0.3) is 0 Å². The molecule has 0 aliphatic rings. The number of benzene rings is 8. The van der Waals surface area contributed by atoms with Crippen molar-refractivity contribution in [2.24, 2.45) is 0 Å². The van der Waals surface area contributed by atoms with Crippen molar-refractivity contribution >= 4 is 21.8 Å². The molecule has 10 aromatic rings. The molecule has 0 amide bonds. The van der Waals surface area contributed by atoms with Crippen molar-refractivity contribution in [1.82, 2.24) is 14.5 Å². The van der Waals surface area contributed by atoms with Gasteiger partial charge in [0.05, 0.1) is 39.2 Å². The zero-order valence-corrected chi connectivity index (χ0v) is 34.1. The van der Waals surface area contributed by atoms with Crippen molar-refractivity contribution in [2.75, 3.05) is 0 Å². The molecule has 9 heteroatoms. The Bertz CT molecular complexity index is 3200. The Hall–Kier alpha value is -7.78. The summed E-state index contributed by atoms with van der Waals surface area (Å²) in [6.07, 6.45) is -9.17. The fraction of sp³-hybridized carbons (Fsp3) is 0.0545. The van der Waals surface area contributed by atoms with Crippen LogP contribution in [0, 0.1) is 6.92 Å². The summed E-state index contributed by atoms with van der Waals surface area (Å²) in [5.74, 6) is 0.444. The van der Waals surface area contributed by atoms with E-state index in [1.54, 1.807) is 0 Å². The van der Waals surface area contributed by atoms with Gasteiger partial charge in [-0.15, -0.1) is 0 Å². The van der Waals surface area contributed by atoms with Gasteiger partial charge in [0.2, 0.25) is 0 Å². The molecule has 10 rings (SSSR count). The smallest absolute Gasteiger partial charge is 0.308 e. The highest BCUT2D eigenvalue weighted by Gasteiger charge is 2.32. The maximum Gasteiger partial charge on any atom is 0.416 e. The van der Waals surface area contributed by atoms with Gasteiger partial charge in [-0.05, 0) is 89.8 Å². The van der Waals surface area contributed by atoms with E-state index in [1.807, 2.05) is 134 Å². The first kappa shape index (κ1) is 40.3. The molecule has 2 aromatic heterocycles. The number of alkyl halides is 6. The lowest BCUT2D eigenvalue weighted by molar-refractivity contribution is -0.138. The van der Waals surface area contributed by atoms with Crippen LogP contribution < -0.4 is 0 Å². The maximum absolute atomic E-state index is 14.1. The molecular formula is C55H35F6N3. The van der Waals surface area contributed by atoms with Crippen LogP contribution in [-0.2, 0) is 12.4 Å². The van der Waals surface area contributed by atoms with E-state index in [4.69, 9.17) is 9.97 Å². The third-order valence-electron chi connectivity index (χ3n) is 11.5. The minimum Gasteiger partial charge on any atom is -0.308 e. The number of halogens is 6. The van der Waals surface area contributed by atoms with Crippen LogP contribution in [-0.4, -0.2) is 14.5 Å². The summed E-state index contributed by atoms with van der Waals surface area (Å²) < 4.78 is 86.6. The Morgan fingerprint density at radius 1 is 0.375 bits per heavy atom. The second kappa shape index (κ2) is 15.8. The fourth-order valence-corrected chi connectivity index (χ4v) is 8.43. The van der Waals surface area contributed by atoms with Gasteiger partial charge in [0.1, 0.15) is 0 Å². The van der Waals surface area contributed by atoms with E-state index in [2.05, 4.69) is 22.8 Å². The SMILES string of the molecule is Cc1cccc(-c2ccc3c(c2)c2ccccc2n3-c2c(-c3ccc(C(F)(F)F)cc3)cc(-c3cc(-c4ccccc4)nc(-c4ccccc4)n3)cc2-c2ccc(C(F)(F)F)cc2)c1. The van der Waals surface area contributed by atoms with E-state index in [9.17, 15) is 26.3 Å². The summed E-state index contributed by atoms with van der Waals surface area (Å²) in [5, 5.41) is 1.84. The van der Waals surface area contributed by atoms with E-state index in [0.29, 0.717) is 50.7 Å². The van der Waals surface area contributed by atoms with Gasteiger partial charge in [-0.1, -0.05) is 139 Å². The highest BCUT2D eigenvalue weighted by molar-refractivity contribution is 6.12. The van der Waals surface area contributed by atoms with Crippen LogP contribution >= 0.6 is 0 Å². The minimum atomic E-state index is -4.58. The molecule has 0 saturated carbocycles. The third kappa shape index (κ3) is 7.59. The molecule has 312 valence electrons. The fourth-order valence-electron chi connectivity index (χ4n) is 8.43. The van der Waals surface area contributed by atoms with Crippen molar-refractivity contribution in [3.05, 3.63) is 211 Å². The number of rotatable bonds is 7. The van der Waals surface area contributed by atoms with Crippen LogP contribution in [0.1, 0.15) is 16.7 Å². The Labute approximate surface area is 364 Å². The van der Waals surface area contributed by atoms with Gasteiger partial charge in [-0.3, -0.25) is 0 Å². The average molecular weight is 852 g/mol. The summed E-state index contributed by atoms with van der Waals surface area (Å²) in [7, 11) is 0. The van der Waals surface area contributed by atoms with Gasteiger partial charge < -0.3 is 4.57 Å². The van der Waals surface area contributed by atoms with E-state index >= 15 is 0 Å². The monoisotopic (exact) mass is 851 g/mol. The standard InChI is InChI=1S/C55H35F6N3/c1-34-11-10-16-39(29-34)40-23-28-51-47(30-40)44-17-8-9-18-50(44)64(51)52-45(35-19-24-42(25-20-35)54(56,57)58)31-41(32-46(52)36-21-26-43(27-22-36)55(59,60)61)49-33-48(37-12-4-2-5-13-37)62-53(63-49)38-14-6-3-7-15-38/h2-33H,1H3. The molecule has 0 saturated heterocycles. The number of nitrogens with zero attached hydrogens (tertiary/aromatic N) is 3. The van der Waals surface area contributed by atoms with Gasteiger partial charge >= 0.3 is 12.4 Å². The van der Waals surface area contributed by atoms with Crippen molar-refractivity contribution in [2.45, 2.75) is 19.3 Å². The molecule has 0 aliphatic heterocycles. The summed E-state index contributed by atoms with van der Waals surface area (Å²) in [6, 6.07) is 57.0. The molecule has 0 bridgehead atoms. The lowest BCUT2D eigenvalue weighted by Crippen LogP contribution is -2.06. The van der Waals surface area contributed by atoms with Gasteiger partial charge in [-0.25, -0.2) is 9.97 Å². The lowest BCUT2D eigenvalue weighted by Gasteiger charge is -2.22. The largest absolute Gasteiger partial charge is 0.416 e. The number of aromatic nitrogens is 3. The van der Waals surface area contributed by atoms with Gasteiger partial charge in [0, 0.05) is 38.6 Å². The first-order valence-electron chi connectivity index (χ1n) is 20.5. The molecule has 3 nitrogen and oxygen atoms in total. The molecule has 8 aromatic carbocycles. The number of fused-ring (bicyclic) bond motifs is 3. The van der Waals surface area contributed by atoms with E-state index in [1.165, 1.54) is 24.3 Å². The van der Waals surface area contributed by atoms with Crippen molar-refractivity contribution in [1.29, 1.82) is 0 Å². The summed E-state index contributed by atoms with van der Waals surface area (Å²) in [5.41, 5.74) is 8.98. The first-order chi connectivity index (χ1) is 30.9. The highest BCUT2D eigenvalue weighted by Crippen LogP contribution is 2.46. The third-order valence-corrected chi connectivity index (χ3v) is 11.5. The van der Waals surface area contributed by atoms with Crippen molar-refractivity contribution in [3.8, 4) is 73.0 Å². The second-order valence-corrected chi connectivity index (χ2v) is 15.7. The Morgan fingerprint density at radius 3 is 1.44 bits per heavy atom. The van der Waals surface area contributed by atoms with Crippen LogP contribution in [0.25, 0.3) is 94.8 Å². The molecule has 0 aliphatic carbocycles. The van der Waals surface area contributed by atoms with Gasteiger partial charge in [-0.2, -0.15) is 26.3 Å². The normalized spacial score (nSPS) is 12.0. The average Bonchev–Trinajstić information content (AvgIpc) is 3.64. The summed E-state index contributed by atoms with van der Waals surface area (Å²) in [4.78, 5) is 10.0. The molecule has 0 spiro atoms. The lowest BCUT2D eigenvalue weighted by atomic mass is 9.90. The molecule has 0 N–H and O–H groups in total. The quantitative estimate of drug-likeness (QED) is 0.150. The van der Waals surface area contributed by atoms with Crippen LogP contribution in [0.3, 0.4) is 0 Å². The molecule has 0 fully saturated rings. The van der Waals surface area contributed by atoms with E-state index in [0.717, 1.165) is 73.9 Å². The predicted octanol–water partition coefficient (Wildman–Crippen LogP) is 15.9. The molecule has 0 atom stereocenters. The number of hydrogen-bond donors (Lipinski definition) is 0. The number of aryl methyl sites for hydroxylation is 1. The summed E-state index contributed by atoms with van der Waals surface area (Å²) in [6.45, 7) is 2.04. The summed E-state index contributed by atoms with van der Waals surface area (Å²) >= 11 is 0. The zero-order valence-electron chi connectivity index (χ0n) is 34.1. The topological polar surface area (TPSA) is 30.7 Å². The van der Waals surface area contributed by atoms with E-state index in [-0.39, 0.29) is 0 Å². The highest BCUT2D eigenvalue weighted by atomic mass is 19.4. The number of hydrogen-bond acceptors (Lipinski definition) is 2. The Kier molecular flexibility index (Phi) is 9.98. The first-order valence-corrected chi connectivity index (χ1v) is 20.5. The minimum absolute atomic E-state index is 0.444. The molecule has 0 unspecified atom stereocenters. The van der Waals surface area contributed by atoms with Crippen molar-refractivity contribution < 1.29 is 26.3 Å². The second-order valence-electron chi connectivity index (χ2n) is 15.7. The molecular weight excluding hydrogens is 817 g/mol. The van der Waals surface area contributed by atoms with Gasteiger partial charge in [0.15, 0.2) is 5.82 Å². The van der Waals surface area contributed by atoms with E-state index < -0.39 is 23.5 Å². The molecule has 64 heavy (non-hydrogen) atoms. The van der Waals surface area contributed by atoms with Crippen molar-refractivity contribution in [3.63, 3.8) is 0 Å². The Balaban J connectivity index is 1.32. The number of para-hydroxylation sites is 1. The Morgan fingerprint density at radius 2 is 0.859 bits per heavy atom. The molecule has 0 radical (unpaired) electrons. The van der Waals surface area contributed by atoms with Crippen LogP contribution in [0.5, 0.6) is 0 Å². The van der Waals surface area contributed by atoms with Crippen LogP contribution in [0.2, 0.25) is 0 Å². The van der Waals surface area contributed by atoms with Crippen LogP contribution in [0.15, 0.2) is 194 Å².